The molecule has 10 unspecified atom stereocenters. The summed E-state index contributed by atoms with van der Waals surface area (Å²) in [6.07, 6.45) is 7.76. The molecular formula is C24H43NO4S. The molecule has 0 amide bonds. The first-order valence-electron chi connectivity index (χ1n) is 12.3. The standard InChI is InChI=1S/C13H22O2.C11H21NO2S/c1-8-9(2)11-6-10(8)7-12(11)13-14-4-3-5-15-13;1-7-8(2)11-5-9(7)4-10(11)6-12-15(3,13)14/h8-13H,3-7H2,1-2H3;7-12H,4-6H2,1-3H3. The highest BCUT2D eigenvalue weighted by Crippen LogP contribution is 2.56. The Kier molecular flexibility index (Phi) is 6.90. The van der Waals surface area contributed by atoms with Gasteiger partial charge in [-0.25, -0.2) is 13.1 Å². The van der Waals surface area contributed by atoms with Crippen molar-refractivity contribution in [1.82, 2.24) is 4.72 Å². The summed E-state index contributed by atoms with van der Waals surface area (Å²) in [6.45, 7) is 12.0. The highest BCUT2D eigenvalue weighted by Gasteiger charge is 2.52. The van der Waals surface area contributed by atoms with Crippen LogP contribution in [0.1, 0.15) is 59.8 Å². The second kappa shape index (κ2) is 8.99. The molecule has 0 aromatic rings. The van der Waals surface area contributed by atoms with Gasteiger partial charge in [0.25, 0.3) is 0 Å². The Morgan fingerprint density at radius 2 is 1.30 bits per heavy atom. The molecule has 10 atom stereocenters. The van der Waals surface area contributed by atoms with Crippen LogP contribution in [0.5, 0.6) is 0 Å². The highest BCUT2D eigenvalue weighted by molar-refractivity contribution is 7.88. The number of nitrogens with one attached hydrogen (secondary N) is 1. The zero-order chi connectivity index (χ0) is 21.6. The van der Waals surface area contributed by atoms with Crippen molar-refractivity contribution < 1.29 is 17.9 Å². The van der Waals surface area contributed by atoms with Crippen molar-refractivity contribution in [3.8, 4) is 0 Å². The largest absolute Gasteiger partial charge is 0.352 e. The van der Waals surface area contributed by atoms with Crippen molar-refractivity contribution in [2.75, 3.05) is 26.0 Å². The molecule has 6 heteroatoms. The monoisotopic (exact) mass is 441 g/mol. The molecule has 1 heterocycles. The molecule has 0 aromatic heterocycles. The van der Waals surface area contributed by atoms with Crippen molar-refractivity contribution in [3.05, 3.63) is 0 Å². The summed E-state index contributed by atoms with van der Waals surface area (Å²) >= 11 is 0. The van der Waals surface area contributed by atoms with E-state index in [1.165, 1.54) is 31.9 Å². The molecule has 1 N–H and O–H groups in total. The lowest BCUT2D eigenvalue weighted by Gasteiger charge is -2.37. The fraction of sp³-hybridized carbons (Fsp3) is 1.00. The van der Waals surface area contributed by atoms with E-state index in [0.29, 0.717) is 18.4 Å². The second-order valence-electron chi connectivity index (χ2n) is 11.2. The van der Waals surface area contributed by atoms with Crippen LogP contribution in [0.15, 0.2) is 0 Å². The van der Waals surface area contributed by atoms with Crippen LogP contribution in [0.2, 0.25) is 0 Å². The van der Waals surface area contributed by atoms with E-state index < -0.39 is 10.0 Å². The molecule has 0 radical (unpaired) electrons. The van der Waals surface area contributed by atoms with Gasteiger partial charge in [-0.05, 0) is 85.4 Å². The fourth-order valence-corrected chi connectivity index (χ4v) is 8.17. The minimum atomic E-state index is -3.01. The maximum Gasteiger partial charge on any atom is 0.208 e. The summed E-state index contributed by atoms with van der Waals surface area (Å²) in [4.78, 5) is 0. The van der Waals surface area contributed by atoms with Gasteiger partial charge >= 0.3 is 0 Å². The Morgan fingerprint density at radius 1 is 0.767 bits per heavy atom. The lowest BCUT2D eigenvalue weighted by atomic mass is 9.75. The van der Waals surface area contributed by atoms with E-state index in [-0.39, 0.29) is 6.29 Å². The van der Waals surface area contributed by atoms with Crippen LogP contribution in [-0.2, 0) is 19.5 Å². The first-order chi connectivity index (χ1) is 14.2. The van der Waals surface area contributed by atoms with Crippen molar-refractivity contribution in [2.45, 2.75) is 66.1 Å². The van der Waals surface area contributed by atoms with E-state index in [2.05, 4.69) is 32.4 Å². The first-order valence-corrected chi connectivity index (χ1v) is 14.2. The number of ether oxygens (including phenoxy) is 2. The van der Waals surface area contributed by atoms with Crippen molar-refractivity contribution >= 4 is 10.0 Å². The smallest absolute Gasteiger partial charge is 0.208 e. The normalized spacial score (nSPS) is 48.0. The van der Waals surface area contributed by atoms with Crippen LogP contribution in [0.3, 0.4) is 0 Å². The van der Waals surface area contributed by atoms with Crippen LogP contribution in [0, 0.1) is 59.2 Å². The third-order valence-electron chi connectivity index (χ3n) is 9.79. The van der Waals surface area contributed by atoms with E-state index in [0.717, 1.165) is 67.0 Å². The lowest BCUT2D eigenvalue weighted by Crippen LogP contribution is -2.38. The molecule has 4 saturated carbocycles. The molecule has 5 nitrogen and oxygen atoms in total. The van der Waals surface area contributed by atoms with Crippen LogP contribution in [0.25, 0.3) is 0 Å². The number of sulfonamides is 1. The quantitative estimate of drug-likeness (QED) is 0.712. The number of rotatable bonds is 4. The average molecular weight is 442 g/mol. The van der Waals surface area contributed by atoms with Crippen molar-refractivity contribution in [2.24, 2.45) is 59.2 Å². The zero-order valence-corrected chi connectivity index (χ0v) is 20.4. The predicted octanol–water partition coefficient (Wildman–Crippen LogP) is 4.14. The van der Waals surface area contributed by atoms with Crippen molar-refractivity contribution in [1.29, 1.82) is 0 Å². The van der Waals surface area contributed by atoms with Crippen LogP contribution < -0.4 is 4.72 Å². The summed E-state index contributed by atoms with van der Waals surface area (Å²) < 4.78 is 36.3. The van der Waals surface area contributed by atoms with Crippen LogP contribution in [0.4, 0.5) is 0 Å². The molecule has 4 bridgehead atoms. The Bertz CT molecular complexity index is 687. The number of hydrogen-bond donors (Lipinski definition) is 1. The van der Waals surface area contributed by atoms with Gasteiger partial charge in [-0.2, -0.15) is 0 Å². The molecule has 1 aliphatic heterocycles. The minimum Gasteiger partial charge on any atom is -0.352 e. The molecule has 174 valence electrons. The van der Waals surface area contributed by atoms with Gasteiger partial charge in [0.05, 0.1) is 19.5 Å². The summed E-state index contributed by atoms with van der Waals surface area (Å²) in [6, 6.07) is 0. The highest BCUT2D eigenvalue weighted by atomic mass is 32.2. The van der Waals surface area contributed by atoms with Gasteiger partial charge < -0.3 is 9.47 Å². The summed E-state index contributed by atoms with van der Waals surface area (Å²) in [5.74, 6) is 8.10. The summed E-state index contributed by atoms with van der Waals surface area (Å²) in [7, 11) is -3.01. The Balaban J connectivity index is 0.000000145. The maximum absolute atomic E-state index is 11.0. The summed E-state index contributed by atoms with van der Waals surface area (Å²) in [5.41, 5.74) is 0. The molecule has 30 heavy (non-hydrogen) atoms. The molecule has 5 aliphatic rings. The number of fused-ring (bicyclic) bond motifs is 4. The third kappa shape index (κ3) is 4.62. The number of hydrogen-bond acceptors (Lipinski definition) is 4. The van der Waals surface area contributed by atoms with Gasteiger partial charge in [0, 0.05) is 12.5 Å². The van der Waals surface area contributed by atoms with Gasteiger partial charge in [-0.3, -0.25) is 0 Å². The van der Waals surface area contributed by atoms with Gasteiger partial charge in [0.1, 0.15) is 0 Å². The fourth-order valence-electron chi connectivity index (χ4n) is 7.65. The van der Waals surface area contributed by atoms with E-state index in [1.54, 1.807) is 0 Å². The van der Waals surface area contributed by atoms with Gasteiger partial charge in [-0.15, -0.1) is 0 Å². The molecule has 1 saturated heterocycles. The lowest BCUT2D eigenvalue weighted by molar-refractivity contribution is -0.216. The molecule has 5 rings (SSSR count). The maximum atomic E-state index is 11.0. The summed E-state index contributed by atoms with van der Waals surface area (Å²) in [5, 5.41) is 0. The second-order valence-corrected chi connectivity index (χ2v) is 13.1. The predicted molar refractivity (Wildman–Crippen MR) is 119 cm³/mol. The van der Waals surface area contributed by atoms with E-state index in [1.807, 2.05) is 0 Å². The Labute approximate surface area is 184 Å². The Hall–Kier alpha value is -0.170. The Morgan fingerprint density at radius 3 is 1.80 bits per heavy atom. The molecule has 4 aliphatic carbocycles. The van der Waals surface area contributed by atoms with Crippen LogP contribution >= 0.6 is 0 Å². The van der Waals surface area contributed by atoms with E-state index in [4.69, 9.17) is 9.47 Å². The SMILES string of the molecule is CC1C2CC(C3OCCCO3)C(C2)C1C.CC1C2CC(CNS(C)(=O)=O)C(C2)C1C. The van der Waals surface area contributed by atoms with Gasteiger partial charge in [-0.1, -0.05) is 27.7 Å². The van der Waals surface area contributed by atoms with Crippen LogP contribution in [-0.4, -0.2) is 40.7 Å². The first kappa shape index (κ1) is 23.0. The molecule has 5 fully saturated rings. The van der Waals surface area contributed by atoms with Gasteiger partial charge in [0.2, 0.25) is 10.0 Å². The minimum absolute atomic E-state index is 0.128. The van der Waals surface area contributed by atoms with Crippen molar-refractivity contribution in [3.63, 3.8) is 0 Å². The molecular weight excluding hydrogens is 398 g/mol. The van der Waals surface area contributed by atoms with E-state index >= 15 is 0 Å². The topological polar surface area (TPSA) is 64.6 Å². The molecule has 0 aromatic carbocycles. The zero-order valence-electron chi connectivity index (χ0n) is 19.5. The van der Waals surface area contributed by atoms with E-state index in [9.17, 15) is 8.42 Å². The third-order valence-corrected chi connectivity index (χ3v) is 10.5. The van der Waals surface area contributed by atoms with Gasteiger partial charge in [0.15, 0.2) is 6.29 Å². The molecule has 0 spiro atoms. The average Bonchev–Trinajstić information content (AvgIpc) is 3.45.